The molecule has 2 heterocycles. The van der Waals surface area contributed by atoms with E-state index in [1.807, 2.05) is 0 Å². The average Bonchev–Trinajstić information content (AvgIpc) is 3.10. The van der Waals surface area contributed by atoms with Crippen LogP contribution in [0.1, 0.15) is 44.0 Å². The third-order valence-electron chi connectivity index (χ3n) is 5.04. The lowest BCUT2D eigenvalue weighted by Crippen LogP contribution is -2.46. The van der Waals surface area contributed by atoms with E-state index < -0.39 is 23.3 Å². The van der Waals surface area contributed by atoms with Gasteiger partial charge in [0.1, 0.15) is 17.5 Å². The van der Waals surface area contributed by atoms with E-state index in [0.717, 1.165) is 12.1 Å². The molecule has 0 spiro atoms. The van der Waals surface area contributed by atoms with Gasteiger partial charge < -0.3 is 9.47 Å². The van der Waals surface area contributed by atoms with Crippen LogP contribution in [0.25, 0.3) is 11.3 Å². The van der Waals surface area contributed by atoms with E-state index in [9.17, 15) is 27.6 Å². The molecule has 3 rings (SSSR count). The smallest absolute Gasteiger partial charge is 0.340 e. The van der Waals surface area contributed by atoms with Gasteiger partial charge >= 0.3 is 6.18 Å². The monoisotopic (exact) mass is 408 g/mol. The van der Waals surface area contributed by atoms with E-state index in [0.29, 0.717) is 37.2 Å². The maximum atomic E-state index is 13.9. The standard InChI is InChI=1S/C20H20F4N4O/c1-19(2,21)18(29)27-9-7-15(8-10-27)28-12-26-17(16(28)11-25)13-3-5-14(6-4-13)20(22,23)24/h3-6,12,15H,7-10H2,1-2H3. The Morgan fingerprint density at radius 1 is 1.14 bits per heavy atom. The molecule has 0 aliphatic carbocycles. The summed E-state index contributed by atoms with van der Waals surface area (Å²) in [7, 11) is 0. The Bertz CT molecular complexity index is 927. The summed E-state index contributed by atoms with van der Waals surface area (Å²) in [5, 5.41) is 9.61. The van der Waals surface area contributed by atoms with Crippen molar-refractivity contribution < 1.29 is 22.4 Å². The normalized spacial score (nSPS) is 16.0. The number of amides is 1. The number of hydrogen-bond donors (Lipinski definition) is 0. The predicted molar refractivity (Wildman–Crippen MR) is 97.4 cm³/mol. The van der Waals surface area contributed by atoms with E-state index in [2.05, 4.69) is 11.1 Å². The minimum Gasteiger partial charge on any atom is -0.340 e. The lowest BCUT2D eigenvalue weighted by atomic mass is 10.0. The Kier molecular flexibility index (Phi) is 5.39. The highest BCUT2D eigenvalue weighted by molar-refractivity contribution is 5.84. The first kappa shape index (κ1) is 20.8. The SMILES string of the molecule is CC(C)(F)C(=O)N1CCC(n2cnc(-c3ccc(C(F)(F)F)cc3)c2C#N)CC1. The number of benzene rings is 1. The number of carbonyl (C=O) groups is 1. The van der Waals surface area contributed by atoms with Crippen LogP contribution in [-0.4, -0.2) is 39.1 Å². The zero-order valence-corrected chi connectivity index (χ0v) is 16.0. The Balaban J connectivity index is 1.79. The van der Waals surface area contributed by atoms with Gasteiger partial charge in [-0.15, -0.1) is 0 Å². The summed E-state index contributed by atoms with van der Waals surface area (Å²) in [6, 6.07) is 6.47. The molecule has 0 unspecified atom stereocenters. The first-order chi connectivity index (χ1) is 13.5. The van der Waals surface area contributed by atoms with Crippen LogP contribution >= 0.6 is 0 Å². The van der Waals surface area contributed by atoms with E-state index in [4.69, 9.17) is 0 Å². The number of alkyl halides is 4. The topological polar surface area (TPSA) is 61.9 Å². The molecule has 1 aliphatic heterocycles. The van der Waals surface area contributed by atoms with Crippen molar-refractivity contribution in [2.24, 2.45) is 0 Å². The molecule has 154 valence electrons. The van der Waals surface area contributed by atoms with E-state index in [1.54, 1.807) is 4.57 Å². The molecule has 1 fully saturated rings. The van der Waals surface area contributed by atoms with Crippen LogP contribution in [0.3, 0.4) is 0 Å². The highest BCUT2D eigenvalue weighted by Crippen LogP contribution is 2.33. The molecule has 0 atom stereocenters. The second-order valence-corrected chi connectivity index (χ2v) is 7.53. The lowest BCUT2D eigenvalue weighted by molar-refractivity contribution is -0.143. The molecular formula is C20H20F4N4O. The van der Waals surface area contributed by atoms with Gasteiger partial charge in [0.2, 0.25) is 0 Å². The van der Waals surface area contributed by atoms with E-state index >= 15 is 0 Å². The minimum atomic E-state index is -4.43. The fraction of sp³-hybridized carbons (Fsp3) is 0.450. The zero-order valence-electron chi connectivity index (χ0n) is 16.0. The first-order valence-electron chi connectivity index (χ1n) is 9.15. The second-order valence-electron chi connectivity index (χ2n) is 7.53. The minimum absolute atomic E-state index is 0.105. The summed E-state index contributed by atoms with van der Waals surface area (Å²) in [6.45, 7) is 3.16. The quantitative estimate of drug-likeness (QED) is 0.710. The average molecular weight is 408 g/mol. The van der Waals surface area contributed by atoms with Crippen LogP contribution in [0, 0.1) is 11.3 Å². The molecule has 0 radical (unpaired) electrons. The predicted octanol–water partition coefficient (Wildman–Crippen LogP) is 4.35. The molecule has 1 aromatic carbocycles. The fourth-order valence-corrected chi connectivity index (χ4v) is 3.50. The number of halogens is 4. The Hall–Kier alpha value is -2.89. The summed E-state index contributed by atoms with van der Waals surface area (Å²) in [4.78, 5) is 17.8. The number of nitriles is 1. The van der Waals surface area contributed by atoms with Gasteiger partial charge in [-0.1, -0.05) is 12.1 Å². The number of piperidine rings is 1. The Morgan fingerprint density at radius 3 is 2.21 bits per heavy atom. The number of carbonyl (C=O) groups excluding carboxylic acids is 1. The molecule has 1 aromatic heterocycles. The van der Waals surface area contributed by atoms with Crippen LogP contribution in [0.5, 0.6) is 0 Å². The van der Waals surface area contributed by atoms with Crippen molar-refractivity contribution in [1.29, 1.82) is 5.26 Å². The second kappa shape index (κ2) is 7.50. The van der Waals surface area contributed by atoms with Crippen molar-refractivity contribution in [3.05, 3.63) is 41.9 Å². The maximum Gasteiger partial charge on any atom is 0.416 e. The summed E-state index contributed by atoms with van der Waals surface area (Å²) >= 11 is 0. The van der Waals surface area contributed by atoms with Crippen molar-refractivity contribution in [2.75, 3.05) is 13.1 Å². The molecule has 1 amide bonds. The summed E-state index contributed by atoms with van der Waals surface area (Å²) in [5.41, 5.74) is -1.73. The van der Waals surface area contributed by atoms with Crippen molar-refractivity contribution in [2.45, 2.75) is 44.6 Å². The van der Waals surface area contributed by atoms with Gasteiger partial charge in [0.05, 0.1) is 11.9 Å². The number of hydrogen-bond acceptors (Lipinski definition) is 3. The molecule has 2 aromatic rings. The summed E-state index contributed by atoms with van der Waals surface area (Å²) < 4.78 is 53.8. The van der Waals surface area contributed by atoms with Gasteiger partial charge in [0.15, 0.2) is 5.67 Å². The zero-order chi connectivity index (χ0) is 21.4. The van der Waals surface area contributed by atoms with Gasteiger partial charge in [-0.25, -0.2) is 9.37 Å². The van der Waals surface area contributed by atoms with Gasteiger partial charge in [0, 0.05) is 24.7 Å². The largest absolute Gasteiger partial charge is 0.416 e. The van der Waals surface area contributed by atoms with Gasteiger partial charge in [-0.2, -0.15) is 18.4 Å². The molecule has 1 saturated heterocycles. The van der Waals surface area contributed by atoms with Gasteiger partial charge in [-0.3, -0.25) is 4.79 Å². The molecule has 0 N–H and O–H groups in total. The highest BCUT2D eigenvalue weighted by Gasteiger charge is 2.35. The lowest BCUT2D eigenvalue weighted by Gasteiger charge is -2.35. The number of imidazole rings is 1. The van der Waals surface area contributed by atoms with Crippen molar-refractivity contribution in [3.8, 4) is 17.3 Å². The molecule has 1 aliphatic rings. The van der Waals surface area contributed by atoms with Crippen LogP contribution in [0.15, 0.2) is 30.6 Å². The molecule has 29 heavy (non-hydrogen) atoms. The number of nitrogens with zero attached hydrogens (tertiary/aromatic N) is 4. The van der Waals surface area contributed by atoms with Crippen LogP contribution < -0.4 is 0 Å². The van der Waals surface area contributed by atoms with Crippen LogP contribution in [-0.2, 0) is 11.0 Å². The number of likely N-dealkylation sites (tertiary alicyclic amines) is 1. The van der Waals surface area contributed by atoms with Crippen LogP contribution in [0.2, 0.25) is 0 Å². The molecule has 0 saturated carbocycles. The fourth-order valence-electron chi connectivity index (χ4n) is 3.50. The third-order valence-corrected chi connectivity index (χ3v) is 5.04. The molecule has 0 bridgehead atoms. The van der Waals surface area contributed by atoms with Crippen molar-refractivity contribution in [1.82, 2.24) is 14.5 Å². The molecule has 9 heteroatoms. The van der Waals surface area contributed by atoms with Crippen molar-refractivity contribution in [3.63, 3.8) is 0 Å². The summed E-state index contributed by atoms with van der Waals surface area (Å²) in [6.07, 6.45) is -1.89. The first-order valence-corrected chi connectivity index (χ1v) is 9.15. The Morgan fingerprint density at radius 2 is 1.72 bits per heavy atom. The van der Waals surface area contributed by atoms with Gasteiger partial charge in [-0.05, 0) is 38.8 Å². The number of aromatic nitrogens is 2. The third kappa shape index (κ3) is 4.26. The molecule has 5 nitrogen and oxygen atoms in total. The van der Waals surface area contributed by atoms with E-state index in [-0.39, 0.29) is 11.7 Å². The highest BCUT2D eigenvalue weighted by atomic mass is 19.4. The number of rotatable bonds is 3. The van der Waals surface area contributed by atoms with Crippen molar-refractivity contribution >= 4 is 5.91 Å². The van der Waals surface area contributed by atoms with E-state index in [1.165, 1.54) is 37.2 Å². The maximum absolute atomic E-state index is 13.9. The summed E-state index contributed by atoms with van der Waals surface area (Å²) in [5.74, 6) is -0.562. The van der Waals surface area contributed by atoms with Crippen LogP contribution in [0.4, 0.5) is 17.6 Å². The Labute approximate surface area is 165 Å². The molecular weight excluding hydrogens is 388 g/mol. The van der Waals surface area contributed by atoms with Gasteiger partial charge in [0.25, 0.3) is 5.91 Å².